The second-order valence-electron chi connectivity index (χ2n) is 3.17. The highest BCUT2D eigenvalue weighted by Crippen LogP contribution is 2.14. The van der Waals surface area contributed by atoms with E-state index < -0.39 is 24.6 Å². The maximum absolute atomic E-state index is 10.3. The maximum Gasteiger partial charge on any atom is 0.306 e. The Balaban J connectivity index is 2.75. The fourth-order valence-corrected chi connectivity index (χ4v) is 1.07. The minimum Gasteiger partial charge on any atom is -0.481 e. The Morgan fingerprint density at radius 2 is 2.20 bits per heavy atom. The molecule has 2 unspecified atom stereocenters. The van der Waals surface area contributed by atoms with Gasteiger partial charge in [0, 0.05) is 11.9 Å². The predicted molar refractivity (Wildman–Crippen MR) is 50.0 cm³/mol. The summed E-state index contributed by atoms with van der Waals surface area (Å²) in [5.74, 6) is -1.15. The van der Waals surface area contributed by atoms with Crippen molar-refractivity contribution in [1.82, 2.24) is 9.97 Å². The Hall–Kier alpha value is -1.53. The Bertz CT molecular complexity index is 356. The van der Waals surface area contributed by atoms with Gasteiger partial charge in [0.1, 0.15) is 6.10 Å². The van der Waals surface area contributed by atoms with Gasteiger partial charge in [-0.25, -0.2) is 9.97 Å². The van der Waals surface area contributed by atoms with Gasteiger partial charge < -0.3 is 15.3 Å². The van der Waals surface area contributed by atoms with Crippen LogP contribution in [0.1, 0.15) is 24.0 Å². The first-order valence-electron chi connectivity index (χ1n) is 4.38. The molecule has 0 aliphatic carbocycles. The van der Waals surface area contributed by atoms with Crippen molar-refractivity contribution in [2.75, 3.05) is 0 Å². The number of carboxylic acids is 1. The smallest absolute Gasteiger partial charge is 0.306 e. The molecule has 0 amide bonds. The number of aliphatic carboxylic acids is 1. The summed E-state index contributed by atoms with van der Waals surface area (Å²) in [6.07, 6.45) is -1.88. The van der Waals surface area contributed by atoms with Crippen molar-refractivity contribution in [3.05, 3.63) is 23.8 Å². The van der Waals surface area contributed by atoms with Gasteiger partial charge in [0.05, 0.1) is 12.5 Å². The van der Waals surface area contributed by atoms with Crippen molar-refractivity contribution < 1.29 is 20.1 Å². The van der Waals surface area contributed by atoms with E-state index in [2.05, 4.69) is 9.97 Å². The summed E-state index contributed by atoms with van der Waals surface area (Å²) in [5.41, 5.74) is 0.640. The highest BCUT2D eigenvalue weighted by molar-refractivity contribution is 5.67. The lowest BCUT2D eigenvalue weighted by Crippen LogP contribution is -2.23. The zero-order valence-electron chi connectivity index (χ0n) is 8.16. The van der Waals surface area contributed by atoms with E-state index >= 15 is 0 Å². The van der Waals surface area contributed by atoms with Crippen molar-refractivity contribution in [2.45, 2.75) is 25.6 Å². The zero-order chi connectivity index (χ0) is 11.4. The van der Waals surface area contributed by atoms with Gasteiger partial charge in [-0.15, -0.1) is 0 Å². The Labute approximate surface area is 86.2 Å². The van der Waals surface area contributed by atoms with Crippen molar-refractivity contribution in [1.29, 1.82) is 0 Å². The number of nitrogens with zero attached hydrogens (tertiary/aromatic N) is 2. The van der Waals surface area contributed by atoms with E-state index in [9.17, 15) is 15.0 Å². The van der Waals surface area contributed by atoms with Crippen LogP contribution in [0.2, 0.25) is 0 Å². The van der Waals surface area contributed by atoms with Crippen LogP contribution in [-0.4, -0.2) is 37.4 Å². The maximum atomic E-state index is 10.3. The Kier molecular flexibility index (Phi) is 3.70. The second kappa shape index (κ2) is 4.81. The topological polar surface area (TPSA) is 104 Å². The van der Waals surface area contributed by atoms with Gasteiger partial charge in [0.25, 0.3) is 0 Å². The van der Waals surface area contributed by atoms with Gasteiger partial charge in [-0.3, -0.25) is 4.79 Å². The van der Waals surface area contributed by atoms with E-state index in [0.29, 0.717) is 5.69 Å². The first kappa shape index (κ1) is 11.5. The van der Waals surface area contributed by atoms with E-state index in [1.54, 1.807) is 13.0 Å². The molecule has 0 bridgehead atoms. The van der Waals surface area contributed by atoms with Gasteiger partial charge in [-0.2, -0.15) is 0 Å². The third kappa shape index (κ3) is 3.26. The number of aromatic nitrogens is 2. The van der Waals surface area contributed by atoms with Crippen LogP contribution in [0.25, 0.3) is 0 Å². The number of aliphatic hydroxyl groups excluding tert-OH is 2. The van der Waals surface area contributed by atoms with Crippen LogP contribution in [0.5, 0.6) is 0 Å². The standard InChI is InChI=1S/C9H12N2O4/c1-5-2-3-10-9(11-5)8(15)6(12)4-7(13)14/h2-3,6,8,12,15H,4H2,1H3,(H,13,14). The average Bonchev–Trinajstić information content (AvgIpc) is 2.15. The van der Waals surface area contributed by atoms with E-state index in [1.807, 2.05) is 0 Å². The zero-order valence-corrected chi connectivity index (χ0v) is 8.16. The molecule has 2 atom stereocenters. The molecule has 0 saturated carbocycles. The molecule has 1 heterocycles. The fourth-order valence-electron chi connectivity index (χ4n) is 1.07. The summed E-state index contributed by atoms with van der Waals surface area (Å²) in [6.45, 7) is 1.71. The molecular formula is C9H12N2O4. The number of hydrogen-bond acceptors (Lipinski definition) is 5. The van der Waals surface area contributed by atoms with Crippen LogP contribution in [0, 0.1) is 6.92 Å². The molecule has 0 spiro atoms. The molecule has 1 rings (SSSR count). The van der Waals surface area contributed by atoms with E-state index in [1.165, 1.54) is 6.20 Å². The van der Waals surface area contributed by atoms with Crippen LogP contribution in [0.15, 0.2) is 12.3 Å². The molecule has 0 fully saturated rings. The van der Waals surface area contributed by atoms with Crippen molar-refractivity contribution in [3.63, 3.8) is 0 Å². The first-order chi connectivity index (χ1) is 7.00. The molecule has 6 heteroatoms. The van der Waals surface area contributed by atoms with Gasteiger partial charge in [-0.05, 0) is 13.0 Å². The molecule has 0 saturated heterocycles. The molecule has 0 aromatic carbocycles. The Morgan fingerprint density at radius 3 is 2.73 bits per heavy atom. The van der Waals surface area contributed by atoms with Crippen molar-refractivity contribution >= 4 is 5.97 Å². The summed E-state index contributed by atoms with van der Waals surface area (Å²) >= 11 is 0. The van der Waals surface area contributed by atoms with Crippen LogP contribution in [0.3, 0.4) is 0 Å². The van der Waals surface area contributed by atoms with E-state index in [0.717, 1.165) is 0 Å². The number of aryl methyl sites for hydroxylation is 1. The lowest BCUT2D eigenvalue weighted by Gasteiger charge is -2.14. The normalized spacial score (nSPS) is 14.6. The van der Waals surface area contributed by atoms with Crippen LogP contribution in [-0.2, 0) is 4.79 Å². The van der Waals surface area contributed by atoms with Crippen molar-refractivity contribution in [3.8, 4) is 0 Å². The highest BCUT2D eigenvalue weighted by Gasteiger charge is 2.23. The van der Waals surface area contributed by atoms with Gasteiger partial charge >= 0.3 is 5.97 Å². The largest absolute Gasteiger partial charge is 0.481 e. The minimum atomic E-state index is -1.40. The summed E-state index contributed by atoms with van der Waals surface area (Å²) in [7, 11) is 0. The predicted octanol–water partition coefficient (Wildman–Crippen LogP) is -0.346. The summed E-state index contributed by atoms with van der Waals surface area (Å²) in [5, 5.41) is 27.3. The lowest BCUT2D eigenvalue weighted by molar-refractivity contribution is -0.141. The molecule has 3 N–H and O–H groups in total. The lowest BCUT2D eigenvalue weighted by atomic mass is 10.1. The number of carbonyl (C=O) groups is 1. The second-order valence-corrected chi connectivity index (χ2v) is 3.17. The van der Waals surface area contributed by atoms with Gasteiger partial charge in [0.2, 0.25) is 0 Å². The third-order valence-corrected chi connectivity index (χ3v) is 1.83. The van der Waals surface area contributed by atoms with Crippen LogP contribution >= 0.6 is 0 Å². The van der Waals surface area contributed by atoms with Crippen LogP contribution < -0.4 is 0 Å². The molecule has 1 aromatic rings. The number of hydrogen-bond donors (Lipinski definition) is 3. The summed E-state index contributed by atoms with van der Waals surface area (Å²) in [6, 6.07) is 1.64. The molecule has 15 heavy (non-hydrogen) atoms. The van der Waals surface area contributed by atoms with E-state index in [-0.39, 0.29) is 5.82 Å². The first-order valence-corrected chi connectivity index (χ1v) is 4.38. The number of rotatable bonds is 4. The molecule has 0 aliphatic heterocycles. The van der Waals surface area contributed by atoms with Gasteiger partial charge in [-0.1, -0.05) is 0 Å². The molecule has 0 aliphatic rings. The number of carboxylic acid groups (broad SMARTS) is 1. The molecule has 82 valence electrons. The third-order valence-electron chi connectivity index (χ3n) is 1.83. The monoisotopic (exact) mass is 212 g/mol. The molecule has 1 aromatic heterocycles. The quantitative estimate of drug-likeness (QED) is 0.630. The van der Waals surface area contributed by atoms with E-state index in [4.69, 9.17) is 5.11 Å². The van der Waals surface area contributed by atoms with Crippen LogP contribution in [0.4, 0.5) is 0 Å². The summed E-state index contributed by atoms with van der Waals surface area (Å²) < 4.78 is 0. The molecule has 6 nitrogen and oxygen atoms in total. The summed E-state index contributed by atoms with van der Waals surface area (Å²) in [4.78, 5) is 17.9. The average molecular weight is 212 g/mol. The van der Waals surface area contributed by atoms with Gasteiger partial charge in [0.15, 0.2) is 5.82 Å². The Morgan fingerprint density at radius 1 is 1.53 bits per heavy atom. The fraction of sp³-hybridized carbons (Fsp3) is 0.444. The van der Waals surface area contributed by atoms with Crippen molar-refractivity contribution in [2.24, 2.45) is 0 Å². The highest BCUT2D eigenvalue weighted by atomic mass is 16.4. The number of aliphatic hydroxyl groups is 2. The molecular weight excluding hydrogens is 200 g/mol. The molecule has 0 radical (unpaired) electrons. The minimum absolute atomic E-state index is 0.0313. The SMILES string of the molecule is Cc1ccnc(C(O)C(O)CC(=O)O)n1.